The summed E-state index contributed by atoms with van der Waals surface area (Å²) in [5.74, 6) is 0.279. The molecular weight excluding hydrogens is 272 g/mol. The molecule has 0 spiro atoms. The molecule has 0 aliphatic carbocycles. The highest BCUT2D eigenvalue weighted by Crippen LogP contribution is 2.29. The Hall–Kier alpha value is -1.94. The molecule has 1 aliphatic rings. The van der Waals surface area contributed by atoms with Crippen molar-refractivity contribution in [2.24, 2.45) is 0 Å². The maximum atomic E-state index is 13.2. The third kappa shape index (κ3) is 3.22. The van der Waals surface area contributed by atoms with E-state index in [4.69, 9.17) is 4.74 Å². The zero-order valence-electron chi connectivity index (χ0n) is 11.8. The van der Waals surface area contributed by atoms with Gasteiger partial charge >= 0.3 is 0 Å². The Bertz CT molecular complexity index is 644. The third-order valence-corrected chi connectivity index (χ3v) is 3.76. The molecule has 110 valence electrons. The summed E-state index contributed by atoms with van der Waals surface area (Å²) in [6.07, 6.45) is 0.675. The fraction of sp³-hybridized carbons (Fsp3) is 0.294. The second-order valence-electron chi connectivity index (χ2n) is 5.38. The van der Waals surface area contributed by atoms with E-state index >= 15 is 0 Å². The van der Waals surface area contributed by atoms with Crippen LogP contribution in [-0.4, -0.2) is 12.6 Å². The lowest BCUT2D eigenvalue weighted by atomic mass is 10.1. The molecule has 0 saturated heterocycles. The van der Waals surface area contributed by atoms with Crippen LogP contribution in [0.4, 0.5) is 8.78 Å². The predicted molar refractivity (Wildman–Crippen MR) is 77.3 cm³/mol. The van der Waals surface area contributed by atoms with Gasteiger partial charge in [0.05, 0.1) is 0 Å². The highest BCUT2D eigenvalue weighted by Gasteiger charge is 2.23. The molecule has 0 amide bonds. The molecule has 0 aromatic heterocycles. The van der Waals surface area contributed by atoms with Crippen molar-refractivity contribution >= 4 is 0 Å². The second kappa shape index (κ2) is 5.82. The van der Waals surface area contributed by atoms with Crippen LogP contribution in [-0.2, 0) is 6.42 Å². The summed E-state index contributed by atoms with van der Waals surface area (Å²) in [5, 5.41) is 3.33. The largest absolute Gasteiger partial charge is 0.488 e. The molecule has 2 aromatic rings. The summed E-state index contributed by atoms with van der Waals surface area (Å²) in [4.78, 5) is 0. The van der Waals surface area contributed by atoms with Crippen molar-refractivity contribution < 1.29 is 13.5 Å². The maximum absolute atomic E-state index is 13.2. The van der Waals surface area contributed by atoms with E-state index in [-0.39, 0.29) is 23.8 Å². The van der Waals surface area contributed by atoms with Gasteiger partial charge < -0.3 is 10.1 Å². The number of rotatable bonds is 4. The van der Waals surface area contributed by atoms with Crippen LogP contribution < -0.4 is 10.1 Å². The minimum Gasteiger partial charge on any atom is -0.488 e. The van der Waals surface area contributed by atoms with Crippen LogP contribution in [0.5, 0.6) is 5.75 Å². The highest BCUT2D eigenvalue weighted by molar-refractivity contribution is 5.38. The molecule has 21 heavy (non-hydrogen) atoms. The zero-order valence-corrected chi connectivity index (χ0v) is 11.8. The van der Waals surface area contributed by atoms with Gasteiger partial charge in [-0.15, -0.1) is 0 Å². The molecule has 2 atom stereocenters. The van der Waals surface area contributed by atoms with Gasteiger partial charge in [0.1, 0.15) is 23.5 Å². The van der Waals surface area contributed by atoms with Crippen LogP contribution in [0.3, 0.4) is 0 Å². The molecule has 2 aromatic carbocycles. The first kappa shape index (κ1) is 14.0. The SMILES string of the molecule is C[C@H](NCC1Cc2cc(F)ccc2O1)c1cccc(F)c1. The van der Waals surface area contributed by atoms with E-state index < -0.39 is 0 Å². The molecule has 0 radical (unpaired) electrons. The number of hydrogen-bond donors (Lipinski definition) is 1. The Labute approximate surface area is 122 Å². The molecule has 1 heterocycles. The van der Waals surface area contributed by atoms with E-state index in [9.17, 15) is 8.78 Å². The smallest absolute Gasteiger partial charge is 0.123 e. The summed E-state index contributed by atoms with van der Waals surface area (Å²) >= 11 is 0. The first-order chi connectivity index (χ1) is 10.1. The van der Waals surface area contributed by atoms with Crippen LogP contribution in [0.2, 0.25) is 0 Å². The van der Waals surface area contributed by atoms with Crippen molar-refractivity contribution in [1.29, 1.82) is 0 Å². The summed E-state index contributed by atoms with van der Waals surface area (Å²) < 4.78 is 32.1. The fourth-order valence-electron chi connectivity index (χ4n) is 2.60. The minimum absolute atomic E-state index is 0.0159. The first-order valence-corrected chi connectivity index (χ1v) is 7.06. The van der Waals surface area contributed by atoms with Crippen LogP contribution in [0.1, 0.15) is 24.1 Å². The maximum Gasteiger partial charge on any atom is 0.123 e. The normalized spacial score (nSPS) is 18.1. The first-order valence-electron chi connectivity index (χ1n) is 7.06. The van der Waals surface area contributed by atoms with Gasteiger partial charge in [-0.25, -0.2) is 8.78 Å². The summed E-state index contributed by atoms with van der Waals surface area (Å²) in [5.41, 5.74) is 1.80. The van der Waals surface area contributed by atoms with Crippen molar-refractivity contribution in [3.8, 4) is 5.75 Å². The van der Waals surface area contributed by atoms with Crippen LogP contribution >= 0.6 is 0 Å². The third-order valence-electron chi connectivity index (χ3n) is 3.76. The van der Waals surface area contributed by atoms with Crippen LogP contribution in [0.25, 0.3) is 0 Å². The molecule has 2 nitrogen and oxygen atoms in total. The number of halogens is 2. The average molecular weight is 289 g/mol. The summed E-state index contributed by atoms with van der Waals surface area (Å²) in [7, 11) is 0. The summed E-state index contributed by atoms with van der Waals surface area (Å²) in [6.45, 7) is 2.62. The minimum atomic E-state index is -0.237. The Kier molecular flexibility index (Phi) is 3.88. The predicted octanol–water partition coefficient (Wildman–Crippen LogP) is 3.62. The van der Waals surface area contributed by atoms with Crippen molar-refractivity contribution in [1.82, 2.24) is 5.32 Å². The van der Waals surface area contributed by atoms with Gasteiger partial charge in [-0.1, -0.05) is 12.1 Å². The van der Waals surface area contributed by atoms with E-state index in [0.29, 0.717) is 13.0 Å². The number of hydrogen-bond acceptors (Lipinski definition) is 2. The van der Waals surface area contributed by atoms with Gasteiger partial charge in [0.2, 0.25) is 0 Å². The summed E-state index contributed by atoms with van der Waals surface area (Å²) in [6, 6.07) is 11.2. The quantitative estimate of drug-likeness (QED) is 0.928. The van der Waals surface area contributed by atoms with Crippen LogP contribution in [0, 0.1) is 11.6 Å². The molecule has 0 bridgehead atoms. The number of benzene rings is 2. The van der Waals surface area contributed by atoms with Gasteiger partial charge in [0.15, 0.2) is 0 Å². The molecule has 1 N–H and O–H groups in total. The number of fused-ring (bicyclic) bond motifs is 1. The van der Waals surface area contributed by atoms with Gasteiger partial charge in [0, 0.05) is 24.6 Å². The Morgan fingerprint density at radius 3 is 2.81 bits per heavy atom. The van der Waals surface area contributed by atoms with Gasteiger partial charge in [-0.3, -0.25) is 0 Å². The standard InChI is InChI=1S/C17H17F2NO/c1-11(12-3-2-4-14(18)7-12)20-10-16-9-13-8-15(19)5-6-17(13)21-16/h2-8,11,16,20H,9-10H2,1H3/t11-,16?/m0/s1. The lowest BCUT2D eigenvalue weighted by Gasteiger charge is -2.17. The number of nitrogens with one attached hydrogen (secondary N) is 1. The van der Waals surface area contributed by atoms with Crippen molar-refractivity contribution in [3.63, 3.8) is 0 Å². The average Bonchev–Trinajstić information content (AvgIpc) is 2.86. The fourth-order valence-corrected chi connectivity index (χ4v) is 2.60. The second-order valence-corrected chi connectivity index (χ2v) is 5.38. The zero-order chi connectivity index (χ0) is 14.8. The monoisotopic (exact) mass is 289 g/mol. The van der Waals surface area contributed by atoms with E-state index in [2.05, 4.69) is 5.32 Å². The van der Waals surface area contributed by atoms with E-state index in [1.54, 1.807) is 12.1 Å². The molecular formula is C17H17F2NO. The van der Waals surface area contributed by atoms with Crippen molar-refractivity contribution in [3.05, 3.63) is 65.2 Å². The Morgan fingerprint density at radius 1 is 1.19 bits per heavy atom. The molecule has 3 rings (SSSR count). The van der Waals surface area contributed by atoms with Crippen molar-refractivity contribution in [2.45, 2.75) is 25.5 Å². The highest BCUT2D eigenvalue weighted by atomic mass is 19.1. The van der Waals surface area contributed by atoms with Gasteiger partial charge in [0.25, 0.3) is 0 Å². The topological polar surface area (TPSA) is 21.3 Å². The van der Waals surface area contributed by atoms with E-state index in [1.807, 2.05) is 13.0 Å². The van der Waals surface area contributed by atoms with Gasteiger partial charge in [-0.05, 0) is 42.8 Å². The lowest BCUT2D eigenvalue weighted by Crippen LogP contribution is -2.31. The molecule has 1 aliphatic heterocycles. The molecule has 4 heteroatoms. The Balaban J connectivity index is 1.57. The van der Waals surface area contributed by atoms with Crippen molar-refractivity contribution in [2.75, 3.05) is 6.54 Å². The van der Waals surface area contributed by atoms with E-state index in [0.717, 1.165) is 16.9 Å². The Morgan fingerprint density at radius 2 is 2.00 bits per heavy atom. The molecule has 0 fully saturated rings. The van der Waals surface area contributed by atoms with Gasteiger partial charge in [-0.2, -0.15) is 0 Å². The van der Waals surface area contributed by atoms with E-state index in [1.165, 1.54) is 24.3 Å². The number of ether oxygens (including phenoxy) is 1. The lowest BCUT2D eigenvalue weighted by molar-refractivity contribution is 0.222. The molecule has 0 saturated carbocycles. The van der Waals surface area contributed by atoms with Crippen LogP contribution in [0.15, 0.2) is 42.5 Å². The molecule has 1 unspecified atom stereocenters.